The molecule has 3 amide bonds. The van der Waals surface area contributed by atoms with Gasteiger partial charge in [-0.05, 0) is 36.0 Å². The normalized spacial score (nSPS) is 19.1. The lowest BCUT2D eigenvalue weighted by molar-refractivity contribution is -0.144. The second kappa shape index (κ2) is 14.5. The van der Waals surface area contributed by atoms with Crippen LogP contribution in [0.2, 0.25) is 5.02 Å². The number of benzene rings is 1. The predicted octanol–water partition coefficient (Wildman–Crippen LogP) is 2.41. The third-order valence-electron chi connectivity index (χ3n) is 6.60. The van der Waals surface area contributed by atoms with E-state index < -0.39 is 47.4 Å². The quantitative estimate of drug-likeness (QED) is 0.235. The van der Waals surface area contributed by atoms with Crippen molar-refractivity contribution in [3.8, 4) is 0 Å². The van der Waals surface area contributed by atoms with Crippen LogP contribution >= 0.6 is 11.6 Å². The molecule has 1 fully saturated rings. The number of carboxylic acids is 1. The molecule has 11 heteroatoms. The lowest BCUT2D eigenvalue weighted by atomic mass is 9.85. The van der Waals surface area contributed by atoms with Crippen molar-refractivity contribution in [1.29, 1.82) is 0 Å². The van der Waals surface area contributed by atoms with Crippen LogP contribution in [0, 0.1) is 5.41 Å². The molecule has 5 N–H and O–H groups in total. The Morgan fingerprint density at radius 3 is 2.18 bits per heavy atom. The molecule has 10 nitrogen and oxygen atoms in total. The average molecular weight is 554 g/mol. The Kier molecular flexibility index (Phi) is 12.0. The van der Waals surface area contributed by atoms with Crippen molar-refractivity contribution < 1.29 is 34.5 Å². The molecule has 0 radical (unpaired) electrons. The summed E-state index contributed by atoms with van der Waals surface area (Å²) in [4.78, 5) is 51.4. The summed E-state index contributed by atoms with van der Waals surface area (Å²) in [6.07, 6.45) is 1.95. The number of aliphatic hydroxyl groups excluding tert-OH is 2. The number of aliphatic hydroxyl groups is 2. The third-order valence-corrected chi connectivity index (χ3v) is 6.85. The lowest BCUT2D eigenvalue weighted by Crippen LogP contribution is -2.58. The molecule has 0 saturated carbocycles. The maximum atomic E-state index is 13.6. The van der Waals surface area contributed by atoms with Gasteiger partial charge in [-0.3, -0.25) is 19.2 Å². The van der Waals surface area contributed by atoms with Crippen LogP contribution in [-0.2, 0) is 19.2 Å². The average Bonchev–Trinajstić information content (AvgIpc) is 3.24. The SMILES string of the molecule is CC(C)(C)C(NC(=O)CCCCCCC(=O)O)C(=O)N1C[C@H](O)C[C@H]1C(=O)NC(CO)c1ccc(Cl)cc1. The monoisotopic (exact) mass is 553 g/mol. The van der Waals surface area contributed by atoms with Crippen molar-refractivity contribution in [2.45, 2.75) is 89.9 Å². The number of hydrogen-bond donors (Lipinski definition) is 5. The summed E-state index contributed by atoms with van der Waals surface area (Å²) in [6.45, 7) is 5.02. The second-order valence-corrected chi connectivity index (χ2v) is 11.3. The molecule has 2 unspecified atom stereocenters. The molecule has 0 aliphatic carbocycles. The Hall–Kier alpha value is -2.69. The number of likely N-dealkylation sites (tertiary alicyclic amines) is 1. The highest BCUT2D eigenvalue weighted by Gasteiger charge is 2.44. The minimum atomic E-state index is -0.963. The van der Waals surface area contributed by atoms with Crippen molar-refractivity contribution in [1.82, 2.24) is 15.5 Å². The Bertz CT molecular complexity index is 964. The van der Waals surface area contributed by atoms with Crippen LogP contribution in [0.15, 0.2) is 24.3 Å². The number of hydrogen-bond acceptors (Lipinski definition) is 6. The van der Waals surface area contributed by atoms with Crippen LogP contribution in [0.3, 0.4) is 0 Å². The van der Waals surface area contributed by atoms with E-state index in [1.165, 1.54) is 4.90 Å². The number of β-amino-alcohol motifs (C(OH)–C–C–N with tert-alkyl or cyclic N) is 1. The first-order valence-electron chi connectivity index (χ1n) is 13.0. The molecule has 1 aromatic carbocycles. The zero-order valence-electron chi connectivity index (χ0n) is 22.3. The van der Waals surface area contributed by atoms with E-state index in [1.807, 2.05) is 20.8 Å². The fourth-order valence-electron chi connectivity index (χ4n) is 4.47. The number of rotatable bonds is 13. The largest absolute Gasteiger partial charge is 0.481 e. The topological polar surface area (TPSA) is 156 Å². The highest BCUT2D eigenvalue weighted by Crippen LogP contribution is 2.27. The van der Waals surface area contributed by atoms with Gasteiger partial charge < -0.3 is 30.9 Å². The van der Waals surface area contributed by atoms with Crippen molar-refractivity contribution in [2.75, 3.05) is 13.2 Å². The van der Waals surface area contributed by atoms with Crippen molar-refractivity contribution in [3.05, 3.63) is 34.9 Å². The Morgan fingerprint density at radius 2 is 1.63 bits per heavy atom. The number of unbranched alkanes of at least 4 members (excludes halogenated alkanes) is 3. The van der Waals surface area contributed by atoms with E-state index in [1.54, 1.807) is 24.3 Å². The first-order valence-corrected chi connectivity index (χ1v) is 13.4. The van der Waals surface area contributed by atoms with Gasteiger partial charge in [-0.2, -0.15) is 0 Å². The molecule has 4 atom stereocenters. The van der Waals surface area contributed by atoms with E-state index >= 15 is 0 Å². The lowest BCUT2D eigenvalue weighted by Gasteiger charge is -2.35. The van der Waals surface area contributed by atoms with Gasteiger partial charge in [-0.25, -0.2) is 0 Å². The van der Waals surface area contributed by atoms with Gasteiger partial charge in [0.2, 0.25) is 17.7 Å². The minimum absolute atomic E-state index is 0.0392. The van der Waals surface area contributed by atoms with Gasteiger partial charge in [-0.15, -0.1) is 0 Å². The number of halogens is 1. The number of amides is 3. The van der Waals surface area contributed by atoms with Crippen LogP contribution in [0.25, 0.3) is 0 Å². The van der Waals surface area contributed by atoms with Crippen LogP contribution in [-0.4, -0.2) is 75.2 Å². The zero-order valence-corrected chi connectivity index (χ0v) is 23.0. The molecule has 0 spiro atoms. The Morgan fingerprint density at radius 1 is 1.03 bits per heavy atom. The number of carbonyl (C=O) groups excluding carboxylic acids is 3. The molecular weight excluding hydrogens is 514 g/mol. The Balaban J connectivity index is 2.05. The maximum absolute atomic E-state index is 13.6. The summed E-state index contributed by atoms with van der Waals surface area (Å²) in [5.74, 6) is -2.12. The van der Waals surface area contributed by atoms with Crippen LogP contribution in [0.1, 0.15) is 77.3 Å². The number of nitrogens with one attached hydrogen (secondary N) is 2. The number of aliphatic carboxylic acids is 1. The summed E-state index contributed by atoms with van der Waals surface area (Å²) >= 11 is 5.93. The van der Waals surface area contributed by atoms with E-state index in [4.69, 9.17) is 16.7 Å². The van der Waals surface area contributed by atoms with Gasteiger partial charge >= 0.3 is 5.97 Å². The summed E-state index contributed by atoms with van der Waals surface area (Å²) in [7, 11) is 0. The molecule has 1 saturated heterocycles. The fourth-order valence-corrected chi connectivity index (χ4v) is 4.59. The van der Waals surface area contributed by atoms with E-state index in [9.17, 15) is 29.4 Å². The van der Waals surface area contributed by atoms with E-state index in [-0.39, 0.29) is 38.3 Å². The van der Waals surface area contributed by atoms with E-state index in [2.05, 4.69) is 10.6 Å². The second-order valence-electron chi connectivity index (χ2n) is 10.9. The summed E-state index contributed by atoms with van der Waals surface area (Å²) in [5.41, 5.74) is -0.0239. The molecule has 1 aromatic rings. The predicted molar refractivity (Wildman–Crippen MR) is 142 cm³/mol. The molecular formula is C27H40ClN3O7. The molecule has 2 rings (SSSR count). The van der Waals surface area contributed by atoms with Crippen LogP contribution in [0.4, 0.5) is 0 Å². The molecule has 1 aliphatic rings. The van der Waals surface area contributed by atoms with Gasteiger partial charge in [-0.1, -0.05) is 57.3 Å². The molecule has 212 valence electrons. The molecule has 1 heterocycles. The van der Waals surface area contributed by atoms with Crippen molar-refractivity contribution in [3.63, 3.8) is 0 Å². The van der Waals surface area contributed by atoms with E-state index in [0.717, 1.165) is 0 Å². The van der Waals surface area contributed by atoms with Gasteiger partial charge in [0.05, 0.1) is 18.8 Å². The zero-order chi connectivity index (χ0) is 28.5. The summed E-state index contributed by atoms with van der Waals surface area (Å²) in [6, 6.07) is 4.06. The first-order chi connectivity index (χ1) is 17.8. The van der Waals surface area contributed by atoms with Gasteiger partial charge in [0.1, 0.15) is 12.1 Å². The van der Waals surface area contributed by atoms with E-state index in [0.29, 0.717) is 36.3 Å². The van der Waals surface area contributed by atoms with Crippen molar-refractivity contribution >= 4 is 35.3 Å². The highest BCUT2D eigenvalue weighted by molar-refractivity contribution is 6.30. The standard InChI is InChI=1S/C27H40ClN3O7/c1-27(2,3)24(30-22(34)8-6-4-5-7-9-23(35)36)26(38)31-15-19(33)14-21(31)25(37)29-20(16-32)17-10-12-18(28)13-11-17/h10-13,19-21,24,32-33H,4-9,14-16H2,1-3H3,(H,29,37)(H,30,34)(H,35,36)/t19-,20?,21+,24?/m1/s1. The summed E-state index contributed by atoms with van der Waals surface area (Å²) in [5, 5.41) is 35.0. The molecule has 0 bridgehead atoms. The fraction of sp³-hybridized carbons (Fsp3) is 0.630. The number of nitrogens with zero attached hydrogens (tertiary/aromatic N) is 1. The van der Waals surface area contributed by atoms with Gasteiger partial charge in [0.25, 0.3) is 0 Å². The Labute approximate surface area is 228 Å². The molecule has 1 aliphatic heterocycles. The van der Waals surface area contributed by atoms with Gasteiger partial charge in [0.15, 0.2) is 0 Å². The third kappa shape index (κ3) is 9.56. The smallest absolute Gasteiger partial charge is 0.303 e. The summed E-state index contributed by atoms with van der Waals surface area (Å²) < 4.78 is 0. The van der Waals surface area contributed by atoms with Crippen LogP contribution in [0.5, 0.6) is 0 Å². The highest BCUT2D eigenvalue weighted by atomic mass is 35.5. The molecule has 0 aromatic heterocycles. The first kappa shape index (κ1) is 31.5. The van der Waals surface area contributed by atoms with Crippen molar-refractivity contribution in [2.24, 2.45) is 5.41 Å². The minimum Gasteiger partial charge on any atom is -0.481 e. The van der Waals surface area contributed by atoms with Gasteiger partial charge in [0, 0.05) is 30.8 Å². The van der Waals surface area contributed by atoms with Crippen LogP contribution < -0.4 is 10.6 Å². The maximum Gasteiger partial charge on any atom is 0.303 e. The number of carbonyl (C=O) groups is 4. The number of carboxylic acid groups (broad SMARTS) is 1. The molecule has 38 heavy (non-hydrogen) atoms.